The molecular weight excluding hydrogens is 246 g/mol. The van der Waals surface area contributed by atoms with E-state index in [0.29, 0.717) is 5.92 Å². The predicted octanol–water partition coefficient (Wildman–Crippen LogP) is 4.73. The SMILES string of the molecule is COCCCn1c(C)c(C(C)C)c2c(C)ccc(C)c21. The van der Waals surface area contributed by atoms with Crippen LogP contribution in [0, 0.1) is 20.8 Å². The topological polar surface area (TPSA) is 14.2 Å². The fourth-order valence-corrected chi connectivity index (χ4v) is 3.33. The fourth-order valence-electron chi connectivity index (χ4n) is 3.33. The first-order valence-electron chi connectivity index (χ1n) is 7.56. The van der Waals surface area contributed by atoms with E-state index in [0.717, 1.165) is 19.6 Å². The van der Waals surface area contributed by atoms with Crippen LogP contribution in [0.25, 0.3) is 10.9 Å². The number of aromatic nitrogens is 1. The lowest BCUT2D eigenvalue weighted by molar-refractivity contribution is 0.190. The Bertz CT molecular complexity index is 608. The molecule has 0 aliphatic carbocycles. The minimum Gasteiger partial charge on any atom is -0.385 e. The van der Waals surface area contributed by atoms with Crippen molar-refractivity contribution in [2.75, 3.05) is 13.7 Å². The minimum absolute atomic E-state index is 0.557. The van der Waals surface area contributed by atoms with Gasteiger partial charge in [0.25, 0.3) is 0 Å². The molecule has 0 spiro atoms. The lowest BCUT2D eigenvalue weighted by Gasteiger charge is -2.10. The molecule has 2 rings (SSSR count). The van der Waals surface area contributed by atoms with Crippen LogP contribution in [0.2, 0.25) is 0 Å². The van der Waals surface area contributed by atoms with Gasteiger partial charge in [-0.2, -0.15) is 0 Å². The van der Waals surface area contributed by atoms with Crippen LogP contribution in [0.3, 0.4) is 0 Å². The average Bonchev–Trinajstić information content (AvgIpc) is 2.69. The second kappa shape index (κ2) is 6.01. The normalized spacial score (nSPS) is 11.8. The first-order valence-corrected chi connectivity index (χ1v) is 7.56. The van der Waals surface area contributed by atoms with Crippen molar-refractivity contribution in [1.82, 2.24) is 4.57 Å². The summed E-state index contributed by atoms with van der Waals surface area (Å²) in [7, 11) is 1.77. The number of fused-ring (bicyclic) bond motifs is 1. The molecule has 0 unspecified atom stereocenters. The third-order valence-corrected chi connectivity index (χ3v) is 4.23. The Morgan fingerprint density at radius 1 is 1.10 bits per heavy atom. The quantitative estimate of drug-likeness (QED) is 0.719. The Hall–Kier alpha value is -1.28. The van der Waals surface area contributed by atoms with E-state index in [1.54, 1.807) is 7.11 Å². The molecule has 20 heavy (non-hydrogen) atoms. The van der Waals surface area contributed by atoms with Gasteiger partial charge in [0.05, 0.1) is 5.52 Å². The molecule has 0 N–H and O–H groups in total. The van der Waals surface area contributed by atoms with Gasteiger partial charge in [0, 0.05) is 31.3 Å². The number of rotatable bonds is 5. The van der Waals surface area contributed by atoms with Gasteiger partial charge in [0.1, 0.15) is 0 Å². The molecule has 0 atom stereocenters. The third-order valence-electron chi connectivity index (χ3n) is 4.23. The summed E-state index contributed by atoms with van der Waals surface area (Å²) >= 11 is 0. The van der Waals surface area contributed by atoms with Crippen LogP contribution < -0.4 is 0 Å². The van der Waals surface area contributed by atoms with Crippen molar-refractivity contribution in [1.29, 1.82) is 0 Å². The van der Waals surface area contributed by atoms with Crippen LogP contribution in [-0.4, -0.2) is 18.3 Å². The molecule has 2 heteroatoms. The number of ether oxygens (including phenoxy) is 1. The number of hydrogen-bond donors (Lipinski definition) is 0. The summed E-state index contributed by atoms with van der Waals surface area (Å²) in [5.74, 6) is 0.557. The van der Waals surface area contributed by atoms with Crippen molar-refractivity contribution in [3.8, 4) is 0 Å². The van der Waals surface area contributed by atoms with Gasteiger partial charge in [-0.3, -0.25) is 0 Å². The van der Waals surface area contributed by atoms with Crippen molar-refractivity contribution in [3.05, 3.63) is 34.5 Å². The van der Waals surface area contributed by atoms with E-state index >= 15 is 0 Å². The van der Waals surface area contributed by atoms with Crippen molar-refractivity contribution in [2.45, 2.75) is 53.5 Å². The predicted molar refractivity (Wildman–Crippen MR) is 86.7 cm³/mol. The van der Waals surface area contributed by atoms with Crippen molar-refractivity contribution >= 4 is 10.9 Å². The summed E-state index contributed by atoms with van der Waals surface area (Å²) in [4.78, 5) is 0. The van der Waals surface area contributed by atoms with E-state index in [1.807, 2.05) is 0 Å². The Morgan fingerprint density at radius 2 is 1.75 bits per heavy atom. The molecule has 0 saturated heterocycles. The molecule has 0 bridgehead atoms. The molecule has 0 fully saturated rings. The molecule has 0 saturated carbocycles. The summed E-state index contributed by atoms with van der Waals surface area (Å²) in [6, 6.07) is 4.50. The number of nitrogens with zero attached hydrogens (tertiary/aromatic N) is 1. The van der Waals surface area contributed by atoms with Gasteiger partial charge in [-0.1, -0.05) is 26.0 Å². The highest BCUT2D eigenvalue weighted by atomic mass is 16.5. The third kappa shape index (κ3) is 2.49. The highest BCUT2D eigenvalue weighted by Crippen LogP contribution is 2.35. The zero-order valence-electron chi connectivity index (χ0n) is 13.7. The van der Waals surface area contributed by atoms with Gasteiger partial charge in [-0.15, -0.1) is 0 Å². The monoisotopic (exact) mass is 273 g/mol. The summed E-state index contributed by atoms with van der Waals surface area (Å²) < 4.78 is 7.70. The van der Waals surface area contributed by atoms with Crippen LogP contribution in [0.1, 0.15) is 48.6 Å². The molecule has 2 aromatic rings. The first-order chi connectivity index (χ1) is 9.49. The number of hydrogen-bond acceptors (Lipinski definition) is 1. The summed E-state index contributed by atoms with van der Waals surface area (Å²) in [5.41, 5.74) is 7.12. The summed E-state index contributed by atoms with van der Waals surface area (Å²) in [6.07, 6.45) is 1.06. The Kier molecular flexibility index (Phi) is 4.54. The molecule has 1 heterocycles. The molecule has 1 aromatic carbocycles. The van der Waals surface area contributed by atoms with Gasteiger partial charge in [-0.25, -0.2) is 0 Å². The molecule has 0 aliphatic rings. The smallest absolute Gasteiger partial charge is 0.0517 e. The van der Waals surface area contributed by atoms with Gasteiger partial charge >= 0.3 is 0 Å². The Labute approximate surface area is 122 Å². The maximum Gasteiger partial charge on any atom is 0.0517 e. The van der Waals surface area contributed by atoms with E-state index in [1.165, 1.54) is 33.3 Å². The summed E-state index contributed by atoms with van der Waals surface area (Å²) in [6.45, 7) is 13.2. The lowest BCUT2D eigenvalue weighted by Crippen LogP contribution is -2.04. The van der Waals surface area contributed by atoms with Crippen LogP contribution in [-0.2, 0) is 11.3 Å². The van der Waals surface area contributed by atoms with E-state index < -0.39 is 0 Å². The number of methoxy groups -OCH3 is 1. The fraction of sp³-hybridized carbons (Fsp3) is 0.556. The van der Waals surface area contributed by atoms with Crippen molar-refractivity contribution < 1.29 is 4.74 Å². The maximum absolute atomic E-state index is 5.21. The molecular formula is C18H27NO. The molecule has 110 valence electrons. The zero-order valence-corrected chi connectivity index (χ0v) is 13.7. The van der Waals surface area contributed by atoms with E-state index in [2.05, 4.69) is 51.3 Å². The lowest BCUT2D eigenvalue weighted by atomic mass is 9.96. The first kappa shape index (κ1) is 15.1. The highest BCUT2D eigenvalue weighted by Gasteiger charge is 2.19. The zero-order chi connectivity index (χ0) is 14.9. The van der Waals surface area contributed by atoms with Crippen molar-refractivity contribution in [2.24, 2.45) is 0 Å². The Morgan fingerprint density at radius 3 is 2.35 bits per heavy atom. The largest absolute Gasteiger partial charge is 0.385 e. The van der Waals surface area contributed by atoms with Crippen LogP contribution in [0.4, 0.5) is 0 Å². The second-order valence-electron chi connectivity index (χ2n) is 6.07. The van der Waals surface area contributed by atoms with E-state index in [4.69, 9.17) is 4.74 Å². The molecule has 0 radical (unpaired) electrons. The molecule has 1 aromatic heterocycles. The highest BCUT2D eigenvalue weighted by molar-refractivity contribution is 5.91. The summed E-state index contributed by atoms with van der Waals surface area (Å²) in [5, 5.41) is 1.47. The number of benzene rings is 1. The second-order valence-corrected chi connectivity index (χ2v) is 6.07. The minimum atomic E-state index is 0.557. The Balaban J connectivity index is 2.67. The molecule has 2 nitrogen and oxygen atoms in total. The molecule has 0 aliphatic heterocycles. The number of aryl methyl sites for hydroxylation is 3. The standard InChI is InChI=1S/C18H27NO/c1-12(2)16-15(5)19(10-7-11-20-6)18-14(4)9-8-13(3)17(16)18/h8-9,12H,7,10-11H2,1-6H3. The van der Waals surface area contributed by atoms with Gasteiger partial charge in [0.2, 0.25) is 0 Å². The van der Waals surface area contributed by atoms with Gasteiger partial charge < -0.3 is 9.30 Å². The molecule has 0 amide bonds. The van der Waals surface area contributed by atoms with Gasteiger partial charge in [-0.05, 0) is 49.8 Å². The average molecular weight is 273 g/mol. The maximum atomic E-state index is 5.21. The van der Waals surface area contributed by atoms with Crippen LogP contribution in [0.5, 0.6) is 0 Å². The van der Waals surface area contributed by atoms with E-state index in [9.17, 15) is 0 Å². The van der Waals surface area contributed by atoms with Crippen molar-refractivity contribution in [3.63, 3.8) is 0 Å². The van der Waals surface area contributed by atoms with Crippen LogP contribution in [0.15, 0.2) is 12.1 Å². The van der Waals surface area contributed by atoms with Gasteiger partial charge in [0.15, 0.2) is 0 Å². The van der Waals surface area contributed by atoms with Crippen LogP contribution >= 0.6 is 0 Å². The van der Waals surface area contributed by atoms with E-state index in [-0.39, 0.29) is 0 Å².